The van der Waals surface area contributed by atoms with E-state index in [2.05, 4.69) is 10.4 Å². The first-order valence-corrected chi connectivity index (χ1v) is 8.11. The van der Waals surface area contributed by atoms with E-state index < -0.39 is 11.6 Å². The molecular weight excluding hydrogens is 336 g/mol. The predicted molar refractivity (Wildman–Crippen MR) is 96.1 cm³/mol. The lowest BCUT2D eigenvalue weighted by Gasteiger charge is -2.03. The molecule has 3 rings (SSSR count). The van der Waals surface area contributed by atoms with Gasteiger partial charge in [-0.15, -0.1) is 0 Å². The van der Waals surface area contributed by atoms with Crippen LogP contribution in [0.3, 0.4) is 0 Å². The van der Waals surface area contributed by atoms with E-state index in [9.17, 15) is 13.6 Å². The van der Waals surface area contributed by atoms with Crippen LogP contribution in [-0.2, 0) is 11.3 Å². The number of rotatable bonds is 6. The van der Waals surface area contributed by atoms with E-state index in [1.54, 1.807) is 10.9 Å². The molecule has 0 saturated carbocycles. The molecule has 0 fully saturated rings. The number of nitrogens with zero attached hydrogens (tertiary/aromatic N) is 2. The van der Waals surface area contributed by atoms with E-state index >= 15 is 0 Å². The van der Waals surface area contributed by atoms with Crippen molar-refractivity contribution >= 4 is 12.0 Å². The minimum atomic E-state index is -0.583. The Morgan fingerprint density at radius 1 is 1.12 bits per heavy atom. The van der Waals surface area contributed by atoms with Crippen LogP contribution in [0, 0.1) is 11.6 Å². The van der Waals surface area contributed by atoms with E-state index in [0.29, 0.717) is 13.1 Å². The molecule has 3 aromatic rings. The molecule has 4 nitrogen and oxygen atoms in total. The van der Waals surface area contributed by atoms with E-state index in [4.69, 9.17) is 0 Å². The summed E-state index contributed by atoms with van der Waals surface area (Å²) in [6, 6.07) is 13.0. The number of carbonyl (C=O) groups excluding carboxylic acids is 1. The normalized spacial score (nSPS) is 11.0. The Kier molecular flexibility index (Phi) is 5.53. The fraction of sp³-hybridized carbons (Fsp3) is 0.100. The zero-order valence-electron chi connectivity index (χ0n) is 13.9. The average Bonchev–Trinajstić information content (AvgIpc) is 3.12. The van der Waals surface area contributed by atoms with Crippen molar-refractivity contribution in [2.45, 2.75) is 6.54 Å². The van der Waals surface area contributed by atoms with Crippen LogP contribution in [-0.4, -0.2) is 22.2 Å². The largest absolute Gasteiger partial charge is 0.351 e. The fourth-order valence-corrected chi connectivity index (χ4v) is 2.43. The number of amides is 1. The second-order valence-electron chi connectivity index (χ2n) is 5.65. The smallest absolute Gasteiger partial charge is 0.244 e. The summed E-state index contributed by atoms with van der Waals surface area (Å²) >= 11 is 0. The second kappa shape index (κ2) is 8.20. The van der Waals surface area contributed by atoms with E-state index in [1.165, 1.54) is 12.2 Å². The van der Waals surface area contributed by atoms with Gasteiger partial charge >= 0.3 is 0 Å². The number of benzene rings is 2. The molecule has 1 heterocycles. The Morgan fingerprint density at radius 2 is 1.92 bits per heavy atom. The number of halogens is 2. The number of nitrogens with one attached hydrogen (secondary N) is 1. The zero-order chi connectivity index (χ0) is 18.4. The number of hydrogen-bond acceptors (Lipinski definition) is 2. The van der Waals surface area contributed by atoms with Gasteiger partial charge in [0.25, 0.3) is 0 Å². The van der Waals surface area contributed by atoms with Gasteiger partial charge in [-0.25, -0.2) is 8.78 Å². The molecule has 26 heavy (non-hydrogen) atoms. The number of aromatic nitrogens is 2. The van der Waals surface area contributed by atoms with Gasteiger partial charge in [0.15, 0.2) is 0 Å². The minimum Gasteiger partial charge on any atom is -0.351 e. The first kappa shape index (κ1) is 17.5. The van der Waals surface area contributed by atoms with Crippen molar-refractivity contribution in [2.24, 2.45) is 0 Å². The van der Waals surface area contributed by atoms with Crippen molar-refractivity contribution in [1.29, 1.82) is 0 Å². The van der Waals surface area contributed by atoms with Crippen LogP contribution in [0.2, 0.25) is 0 Å². The molecule has 0 saturated heterocycles. The van der Waals surface area contributed by atoms with E-state index in [-0.39, 0.29) is 11.5 Å². The summed E-state index contributed by atoms with van der Waals surface area (Å²) in [4.78, 5) is 11.8. The third kappa shape index (κ3) is 4.63. The lowest BCUT2D eigenvalue weighted by atomic mass is 10.1. The SMILES string of the molecule is O=C(C=Cc1cc(F)ccc1F)NCCn1cc(-c2ccccc2)cn1. The molecule has 1 aromatic heterocycles. The lowest BCUT2D eigenvalue weighted by Crippen LogP contribution is -2.25. The fourth-order valence-electron chi connectivity index (χ4n) is 2.43. The molecule has 6 heteroatoms. The van der Waals surface area contributed by atoms with Crippen LogP contribution < -0.4 is 5.32 Å². The molecule has 1 N–H and O–H groups in total. The molecular formula is C20H17F2N3O. The Morgan fingerprint density at radius 3 is 2.73 bits per heavy atom. The highest BCUT2D eigenvalue weighted by Gasteiger charge is 2.03. The lowest BCUT2D eigenvalue weighted by molar-refractivity contribution is -0.116. The third-order valence-electron chi connectivity index (χ3n) is 3.75. The first-order valence-electron chi connectivity index (χ1n) is 8.11. The molecule has 0 radical (unpaired) electrons. The van der Waals surface area contributed by atoms with Gasteiger partial charge in [-0.1, -0.05) is 30.3 Å². The summed E-state index contributed by atoms with van der Waals surface area (Å²) in [6.45, 7) is 0.867. The molecule has 0 atom stereocenters. The van der Waals surface area contributed by atoms with Crippen molar-refractivity contribution in [2.75, 3.05) is 6.54 Å². The monoisotopic (exact) mass is 353 g/mol. The van der Waals surface area contributed by atoms with Gasteiger partial charge in [0.05, 0.1) is 12.7 Å². The van der Waals surface area contributed by atoms with Gasteiger partial charge in [-0.3, -0.25) is 9.48 Å². The third-order valence-corrected chi connectivity index (χ3v) is 3.75. The van der Waals surface area contributed by atoms with Crippen molar-refractivity contribution in [1.82, 2.24) is 15.1 Å². The van der Waals surface area contributed by atoms with Crippen LogP contribution in [0.15, 0.2) is 67.0 Å². The summed E-state index contributed by atoms with van der Waals surface area (Å²) < 4.78 is 28.3. The van der Waals surface area contributed by atoms with Crippen LogP contribution in [0.5, 0.6) is 0 Å². The summed E-state index contributed by atoms with van der Waals surface area (Å²) in [7, 11) is 0. The Balaban J connectivity index is 1.50. The van der Waals surface area contributed by atoms with Crippen molar-refractivity contribution < 1.29 is 13.6 Å². The maximum Gasteiger partial charge on any atom is 0.244 e. The highest BCUT2D eigenvalue weighted by molar-refractivity contribution is 5.91. The summed E-state index contributed by atoms with van der Waals surface area (Å²) in [5.74, 6) is -1.52. The number of carbonyl (C=O) groups is 1. The van der Waals surface area contributed by atoms with Gasteiger partial charge in [0.1, 0.15) is 11.6 Å². The van der Waals surface area contributed by atoms with Gasteiger partial charge in [-0.2, -0.15) is 5.10 Å². The Labute approximate surface area is 149 Å². The summed E-state index contributed by atoms with van der Waals surface area (Å²) in [5.41, 5.74) is 2.10. The Hall–Kier alpha value is -3.28. The zero-order valence-corrected chi connectivity index (χ0v) is 13.9. The number of hydrogen-bond donors (Lipinski definition) is 1. The van der Waals surface area contributed by atoms with Gasteiger partial charge in [-0.05, 0) is 29.8 Å². The van der Waals surface area contributed by atoms with Crippen molar-refractivity contribution in [3.8, 4) is 11.1 Å². The van der Waals surface area contributed by atoms with E-state index in [1.807, 2.05) is 36.5 Å². The molecule has 0 spiro atoms. The van der Waals surface area contributed by atoms with Crippen LogP contribution >= 0.6 is 0 Å². The molecule has 0 aliphatic rings. The van der Waals surface area contributed by atoms with Gasteiger partial charge < -0.3 is 5.32 Å². The molecule has 132 valence electrons. The predicted octanol–water partition coefficient (Wildman–Crippen LogP) is 3.66. The minimum absolute atomic E-state index is 0.0275. The highest BCUT2D eigenvalue weighted by atomic mass is 19.1. The quantitative estimate of drug-likeness (QED) is 0.688. The van der Waals surface area contributed by atoms with Gasteiger partial charge in [0, 0.05) is 29.9 Å². The summed E-state index contributed by atoms with van der Waals surface area (Å²) in [6.07, 6.45) is 6.09. The van der Waals surface area contributed by atoms with Gasteiger partial charge in [0.2, 0.25) is 5.91 Å². The van der Waals surface area contributed by atoms with E-state index in [0.717, 1.165) is 29.3 Å². The highest BCUT2D eigenvalue weighted by Crippen LogP contribution is 2.17. The topological polar surface area (TPSA) is 46.9 Å². The second-order valence-corrected chi connectivity index (χ2v) is 5.65. The van der Waals surface area contributed by atoms with Crippen molar-refractivity contribution in [3.63, 3.8) is 0 Å². The molecule has 0 unspecified atom stereocenters. The Bertz CT molecular complexity index is 920. The maximum absolute atomic E-state index is 13.5. The molecule has 0 bridgehead atoms. The van der Waals surface area contributed by atoms with Crippen LogP contribution in [0.1, 0.15) is 5.56 Å². The molecule has 0 aliphatic heterocycles. The first-order chi connectivity index (χ1) is 12.6. The molecule has 1 amide bonds. The molecule has 2 aromatic carbocycles. The molecule has 0 aliphatic carbocycles. The standard InChI is InChI=1S/C20H17F2N3O/c21-18-7-8-19(22)16(12-18)6-9-20(26)23-10-11-25-14-17(13-24-25)15-4-2-1-3-5-15/h1-9,12-14H,10-11H2,(H,23,26). The summed E-state index contributed by atoms with van der Waals surface area (Å²) in [5, 5.41) is 6.94. The van der Waals surface area contributed by atoms with Crippen LogP contribution in [0.25, 0.3) is 17.2 Å². The van der Waals surface area contributed by atoms with Crippen molar-refractivity contribution in [3.05, 3.63) is 84.2 Å². The average molecular weight is 353 g/mol. The van der Waals surface area contributed by atoms with Crippen LogP contribution in [0.4, 0.5) is 8.78 Å². The maximum atomic E-state index is 13.5.